The number of rotatable bonds is 7. The van der Waals surface area contributed by atoms with Gasteiger partial charge >= 0.3 is 0 Å². The second kappa shape index (κ2) is 9.65. The second-order valence-corrected chi connectivity index (χ2v) is 7.52. The van der Waals surface area contributed by atoms with Gasteiger partial charge in [0.15, 0.2) is 11.5 Å². The summed E-state index contributed by atoms with van der Waals surface area (Å²) in [4.78, 5) is 15.3. The van der Waals surface area contributed by atoms with Crippen molar-refractivity contribution >= 4 is 11.6 Å². The molecule has 0 aliphatic carbocycles. The summed E-state index contributed by atoms with van der Waals surface area (Å²) in [5, 5.41) is 2.93. The highest BCUT2D eigenvalue weighted by Gasteiger charge is 2.18. The summed E-state index contributed by atoms with van der Waals surface area (Å²) in [5.41, 5.74) is 2.38. The minimum Gasteiger partial charge on any atom is -0.496 e. The summed E-state index contributed by atoms with van der Waals surface area (Å²) in [6.45, 7) is 5.57. The number of hydrogen-bond acceptors (Lipinski definition) is 5. The Morgan fingerprint density at radius 3 is 2.14 bits per heavy atom. The Hall–Kier alpha value is -2.73. The number of carbonyl (C=O) groups is 1. The molecule has 156 valence electrons. The van der Waals surface area contributed by atoms with Crippen LogP contribution in [0.25, 0.3) is 0 Å². The van der Waals surface area contributed by atoms with Gasteiger partial charge in [-0.2, -0.15) is 0 Å². The standard InChI is InChI=1S/C23H30N2O4/c1-16-9-11-25(12-10-16)15-17-5-7-18(8-6-17)24-23(26)19-13-21(28-3)22(29-4)14-20(19)27-2/h5-8,13-14,16H,9-12,15H2,1-4H3,(H,24,26). The Kier molecular flexibility index (Phi) is 6.99. The van der Waals surface area contributed by atoms with E-state index in [4.69, 9.17) is 14.2 Å². The van der Waals surface area contributed by atoms with Crippen molar-refractivity contribution in [3.8, 4) is 17.2 Å². The normalized spacial score (nSPS) is 15.0. The molecule has 1 amide bonds. The van der Waals surface area contributed by atoms with E-state index in [9.17, 15) is 4.79 Å². The van der Waals surface area contributed by atoms with E-state index in [1.807, 2.05) is 12.1 Å². The van der Waals surface area contributed by atoms with Crippen molar-refractivity contribution in [3.05, 3.63) is 47.5 Å². The first kappa shape index (κ1) is 21.0. The van der Waals surface area contributed by atoms with Crippen molar-refractivity contribution in [2.24, 2.45) is 5.92 Å². The summed E-state index contributed by atoms with van der Waals surface area (Å²) in [5.74, 6) is 1.98. The molecule has 0 aromatic heterocycles. The molecule has 0 spiro atoms. The maximum absolute atomic E-state index is 12.8. The number of hydrogen-bond donors (Lipinski definition) is 1. The average Bonchev–Trinajstić information content (AvgIpc) is 2.75. The fourth-order valence-electron chi connectivity index (χ4n) is 3.58. The van der Waals surface area contributed by atoms with Gasteiger partial charge in [0.25, 0.3) is 5.91 Å². The highest BCUT2D eigenvalue weighted by atomic mass is 16.5. The molecule has 1 fully saturated rings. The summed E-state index contributed by atoms with van der Waals surface area (Å²) in [7, 11) is 4.60. The lowest BCUT2D eigenvalue weighted by Crippen LogP contribution is -2.32. The fraction of sp³-hybridized carbons (Fsp3) is 0.435. The van der Waals surface area contributed by atoms with Crippen molar-refractivity contribution < 1.29 is 19.0 Å². The number of nitrogens with zero attached hydrogens (tertiary/aromatic N) is 1. The van der Waals surface area contributed by atoms with Crippen molar-refractivity contribution in [3.63, 3.8) is 0 Å². The van der Waals surface area contributed by atoms with Gasteiger partial charge in [-0.1, -0.05) is 19.1 Å². The van der Waals surface area contributed by atoms with Crippen LogP contribution in [-0.2, 0) is 6.54 Å². The Bertz CT molecular complexity index is 828. The zero-order valence-corrected chi connectivity index (χ0v) is 17.7. The van der Waals surface area contributed by atoms with Gasteiger partial charge in [-0.3, -0.25) is 9.69 Å². The van der Waals surface area contributed by atoms with Crippen LogP contribution in [0.3, 0.4) is 0 Å². The summed E-state index contributed by atoms with van der Waals surface area (Å²) >= 11 is 0. The molecule has 1 N–H and O–H groups in total. The summed E-state index contributed by atoms with van der Waals surface area (Å²) < 4.78 is 15.9. The largest absolute Gasteiger partial charge is 0.496 e. The first-order chi connectivity index (χ1) is 14.0. The van der Waals surface area contributed by atoms with E-state index in [0.29, 0.717) is 22.8 Å². The first-order valence-electron chi connectivity index (χ1n) is 9.96. The second-order valence-electron chi connectivity index (χ2n) is 7.52. The molecule has 2 aromatic rings. The van der Waals surface area contributed by atoms with Gasteiger partial charge in [0, 0.05) is 24.4 Å². The molecule has 0 bridgehead atoms. The Morgan fingerprint density at radius 2 is 1.55 bits per heavy atom. The van der Waals surface area contributed by atoms with E-state index in [1.54, 1.807) is 19.2 Å². The van der Waals surface area contributed by atoms with E-state index in [2.05, 4.69) is 29.3 Å². The lowest BCUT2D eigenvalue weighted by atomic mass is 9.99. The fourth-order valence-corrected chi connectivity index (χ4v) is 3.58. The number of ether oxygens (including phenoxy) is 3. The minimum atomic E-state index is -0.263. The smallest absolute Gasteiger partial charge is 0.259 e. The molecule has 1 aliphatic rings. The maximum atomic E-state index is 12.8. The van der Waals surface area contributed by atoms with Gasteiger partial charge in [0.05, 0.1) is 26.9 Å². The van der Waals surface area contributed by atoms with Gasteiger partial charge in [-0.15, -0.1) is 0 Å². The van der Waals surface area contributed by atoms with Crippen LogP contribution in [0.4, 0.5) is 5.69 Å². The number of nitrogens with one attached hydrogen (secondary N) is 1. The molecule has 0 unspecified atom stereocenters. The van der Waals surface area contributed by atoms with Gasteiger partial charge in [0.1, 0.15) is 5.75 Å². The van der Waals surface area contributed by atoms with Crippen LogP contribution < -0.4 is 19.5 Å². The van der Waals surface area contributed by atoms with Crippen LogP contribution in [0, 0.1) is 5.92 Å². The summed E-state index contributed by atoms with van der Waals surface area (Å²) in [6, 6.07) is 11.3. The first-order valence-corrected chi connectivity index (χ1v) is 9.96. The number of piperidine rings is 1. The number of amides is 1. The molecule has 1 heterocycles. The minimum absolute atomic E-state index is 0.263. The number of likely N-dealkylation sites (tertiary alicyclic amines) is 1. The van der Waals surface area contributed by atoms with Crippen molar-refractivity contribution in [1.29, 1.82) is 0 Å². The Morgan fingerprint density at radius 1 is 0.966 bits per heavy atom. The number of anilines is 1. The lowest BCUT2D eigenvalue weighted by Gasteiger charge is -2.30. The Labute approximate surface area is 172 Å². The molecule has 6 nitrogen and oxygen atoms in total. The molecule has 6 heteroatoms. The van der Waals surface area contributed by atoms with E-state index in [1.165, 1.54) is 32.6 Å². The van der Waals surface area contributed by atoms with Crippen molar-refractivity contribution in [2.75, 3.05) is 39.7 Å². The topological polar surface area (TPSA) is 60.0 Å². The predicted octanol–water partition coefficient (Wildman–Crippen LogP) is 4.20. The van der Waals surface area contributed by atoms with Gasteiger partial charge in [0.2, 0.25) is 0 Å². The molecular formula is C23H30N2O4. The molecule has 1 saturated heterocycles. The number of benzene rings is 2. The molecule has 0 radical (unpaired) electrons. The third-order valence-electron chi connectivity index (χ3n) is 5.44. The monoisotopic (exact) mass is 398 g/mol. The number of carbonyl (C=O) groups excluding carboxylic acids is 1. The van der Waals surface area contributed by atoms with Crippen molar-refractivity contribution in [2.45, 2.75) is 26.3 Å². The van der Waals surface area contributed by atoms with E-state index in [0.717, 1.165) is 31.2 Å². The zero-order chi connectivity index (χ0) is 20.8. The predicted molar refractivity (Wildman–Crippen MR) is 114 cm³/mol. The summed E-state index contributed by atoms with van der Waals surface area (Å²) in [6.07, 6.45) is 2.53. The maximum Gasteiger partial charge on any atom is 0.259 e. The van der Waals surface area contributed by atoms with E-state index >= 15 is 0 Å². The van der Waals surface area contributed by atoms with E-state index in [-0.39, 0.29) is 5.91 Å². The number of methoxy groups -OCH3 is 3. The van der Waals surface area contributed by atoms with Crippen LogP contribution in [0.2, 0.25) is 0 Å². The van der Waals surface area contributed by atoms with Crippen molar-refractivity contribution in [1.82, 2.24) is 4.90 Å². The lowest BCUT2D eigenvalue weighted by molar-refractivity contribution is 0.102. The molecule has 0 saturated carbocycles. The van der Waals surface area contributed by atoms with Gasteiger partial charge in [-0.25, -0.2) is 0 Å². The highest BCUT2D eigenvalue weighted by Crippen LogP contribution is 2.35. The SMILES string of the molecule is COc1cc(OC)c(C(=O)Nc2ccc(CN3CCC(C)CC3)cc2)cc1OC. The quantitative estimate of drug-likeness (QED) is 0.758. The zero-order valence-electron chi connectivity index (χ0n) is 17.7. The molecule has 1 aliphatic heterocycles. The molecule has 2 aromatic carbocycles. The molecular weight excluding hydrogens is 368 g/mol. The van der Waals surface area contributed by atoms with Crippen LogP contribution >= 0.6 is 0 Å². The third-order valence-corrected chi connectivity index (χ3v) is 5.44. The molecule has 0 atom stereocenters. The molecule has 3 rings (SSSR count). The van der Waals surface area contributed by atoms with Crippen LogP contribution in [0.5, 0.6) is 17.2 Å². The molecule has 29 heavy (non-hydrogen) atoms. The third kappa shape index (κ3) is 5.21. The highest BCUT2D eigenvalue weighted by molar-refractivity contribution is 6.06. The Balaban J connectivity index is 1.67. The average molecular weight is 399 g/mol. The van der Waals surface area contributed by atoms with Crippen LogP contribution in [-0.4, -0.2) is 45.2 Å². The van der Waals surface area contributed by atoms with E-state index < -0.39 is 0 Å². The van der Waals surface area contributed by atoms with Crippen LogP contribution in [0.1, 0.15) is 35.7 Å². The van der Waals surface area contributed by atoms with Gasteiger partial charge < -0.3 is 19.5 Å². The van der Waals surface area contributed by atoms with Gasteiger partial charge in [-0.05, 0) is 49.5 Å². The van der Waals surface area contributed by atoms with Crippen LogP contribution in [0.15, 0.2) is 36.4 Å².